The molecule has 3 N–H and O–H groups in total. The molecule has 0 saturated carbocycles. The fraction of sp³-hybridized carbons (Fsp3) is 0.300. The van der Waals surface area contributed by atoms with E-state index in [0.29, 0.717) is 12.0 Å². The predicted molar refractivity (Wildman–Crippen MR) is 108 cm³/mol. The fourth-order valence-corrected chi connectivity index (χ4v) is 3.18. The Hall–Kier alpha value is -3.83. The number of amides is 2. The van der Waals surface area contributed by atoms with Crippen LogP contribution in [0.5, 0.6) is 0 Å². The molecule has 0 radical (unpaired) electrons. The van der Waals surface area contributed by atoms with Crippen LogP contribution in [0, 0.1) is 0 Å². The van der Waals surface area contributed by atoms with Crippen molar-refractivity contribution in [3.05, 3.63) is 59.3 Å². The Balaban J connectivity index is 1.86. The van der Waals surface area contributed by atoms with E-state index in [4.69, 9.17) is 5.73 Å². The molecular formula is C20H21F3N6O3. The van der Waals surface area contributed by atoms with Gasteiger partial charge in [-0.3, -0.25) is 24.0 Å². The molecule has 1 unspecified atom stereocenters. The van der Waals surface area contributed by atoms with Crippen molar-refractivity contribution in [2.24, 2.45) is 5.73 Å². The number of anilines is 1. The molecule has 1 aromatic carbocycles. The van der Waals surface area contributed by atoms with Gasteiger partial charge in [0, 0.05) is 6.20 Å². The summed E-state index contributed by atoms with van der Waals surface area (Å²) in [6, 6.07) is 4.05. The third kappa shape index (κ3) is 4.58. The zero-order chi connectivity index (χ0) is 23.6. The highest BCUT2D eigenvalue weighted by Gasteiger charge is 2.35. The van der Waals surface area contributed by atoms with Gasteiger partial charge in [-0.1, -0.05) is 12.1 Å². The van der Waals surface area contributed by atoms with Crippen molar-refractivity contribution in [1.82, 2.24) is 20.0 Å². The van der Waals surface area contributed by atoms with Gasteiger partial charge in [0.2, 0.25) is 6.41 Å². The van der Waals surface area contributed by atoms with Crippen molar-refractivity contribution >= 4 is 23.8 Å². The maximum Gasteiger partial charge on any atom is 0.416 e. The molecule has 9 nitrogen and oxygen atoms in total. The molecule has 32 heavy (non-hydrogen) atoms. The van der Waals surface area contributed by atoms with Crippen molar-refractivity contribution in [1.29, 1.82) is 0 Å². The zero-order valence-electron chi connectivity index (χ0n) is 17.3. The quantitative estimate of drug-likeness (QED) is 0.617. The minimum atomic E-state index is -4.47. The summed E-state index contributed by atoms with van der Waals surface area (Å²) in [7, 11) is 0. The molecule has 2 heterocycles. The third-order valence-corrected chi connectivity index (χ3v) is 5.06. The lowest BCUT2D eigenvalue weighted by Crippen LogP contribution is -2.55. The maximum absolute atomic E-state index is 12.9. The standard InChI is InChI=1S/C20H21F3N6O3/c1-12(13(2)31)28-10-25-18(24)17(19(28)32)29(11-30)16-7-26-27(9-16)8-14-4-3-5-15(6-14)20(21,22)23/h3-7,9,11-12,25H,8,10,24H2,1-2H3. The first-order chi connectivity index (χ1) is 15.0. The van der Waals surface area contributed by atoms with Gasteiger partial charge in [-0.25, -0.2) is 0 Å². The number of aromatic nitrogens is 2. The van der Waals surface area contributed by atoms with Crippen LogP contribution in [0.4, 0.5) is 18.9 Å². The molecule has 0 spiro atoms. The average Bonchev–Trinajstić information content (AvgIpc) is 3.18. The molecule has 2 amide bonds. The maximum atomic E-state index is 12.9. The second kappa shape index (κ2) is 8.73. The van der Waals surface area contributed by atoms with E-state index >= 15 is 0 Å². The Kier molecular flexibility index (Phi) is 6.23. The van der Waals surface area contributed by atoms with Crippen LogP contribution in [0.2, 0.25) is 0 Å². The Morgan fingerprint density at radius 1 is 1.41 bits per heavy atom. The summed E-state index contributed by atoms with van der Waals surface area (Å²) in [6.45, 7) is 2.90. The van der Waals surface area contributed by atoms with Crippen LogP contribution in [0.3, 0.4) is 0 Å². The molecular weight excluding hydrogens is 429 g/mol. The Morgan fingerprint density at radius 3 is 2.75 bits per heavy atom. The van der Waals surface area contributed by atoms with Gasteiger partial charge in [-0.2, -0.15) is 18.3 Å². The Labute approximate surface area is 181 Å². The van der Waals surface area contributed by atoms with Gasteiger partial charge >= 0.3 is 6.18 Å². The number of carbonyl (C=O) groups is 3. The minimum absolute atomic E-state index is 0.00355. The van der Waals surface area contributed by atoms with Crippen molar-refractivity contribution in [2.45, 2.75) is 32.6 Å². The van der Waals surface area contributed by atoms with Gasteiger partial charge in [0.25, 0.3) is 5.91 Å². The second-order valence-electron chi connectivity index (χ2n) is 7.23. The van der Waals surface area contributed by atoms with Gasteiger partial charge in [0.05, 0.1) is 36.7 Å². The highest BCUT2D eigenvalue weighted by Crippen LogP contribution is 2.30. The van der Waals surface area contributed by atoms with Crippen molar-refractivity contribution < 1.29 is 27.6 Å². The molecule has 0 fully saturated rings. The van der Waals surface area contributed by atoms with Gasteiger partial charge in [0.15, 0.2) is 11.5 Å². The van der Waals surface area contributed by atoms with E-state index in [2.05, 4.69) is 10.4 Å². The number of carbonyl (C=O) groups excluding carboxylic acids is 3. The summed E-state index contributed by atoms with van der Waals surface area (Å²) < 4.78 is 40.1. The first-order valence-corrected chi connectivity index (χ1v) is 9.51. The third-order valence-electron chi connectivity index (χ3n) is 5.06. The number of alkyl halides is 3. The summed E-state index contributed by atoms with van der Waals surface area (Å²) >= 11 is 0. The van der Waals surface area contributed by atoms with E-state index in [-0.39, 0.29) is 36.2 Å². The monoisotopic (exact) mass is 450 g/mol. The lowest BCUT2D eigenvalue weighted by molar-refractivity contribution is -0.137. The van der Waals surface area contributed by atoms with Crippen LogP contribution in [0.1, 0.15) is 25.0 Å². The molecule has 3 rings (SSSR count). The Bertz CT molecular complexity index is 1080. The molecule has 1 aromatic heterocycles. The lowest BCUT2D eigenvalue weighted by Gasteiger charge is -2.35. The summed E-state index contributed by atoms with van der Waals surface area (Å²) in [4.78, 5) is 38.7. The average molecular weight is 450 g/mol. The van der Waals surface area contributed by atoms with Crippen molar-refractivity contribution in [3.63, 3.8) is 0 Å². The van der Waals surface area contributed by atoms with Gasteiger partial charge < -0.3 is 16.0 Å². The number of ketones is 1. The summed E-state index contributed by atoms with van der Waals surface area (Å²) in [6.07, 6.45) is -1.42. The molecule has 2 aromatic rings. The molecule has 1 aliphatic heterocycles. The normalized spacial score (nSPS) is 15.4. The largest absolute Gasteiger partial charge is 0.416 e. The van der Waals surface area contributed by atoms with E-state index < -0.39 is 23.7 Å². The first-order valence-electron chi connectivity index (χ1n) is 9.51. The van der Waals surface area contributed by atoms with Crippen LogP contribution in [-0.4, -0.2) is 45.5 Å². The number of Topliss-reactive ketones (excluding diaryl/α,β-unsaturated/α-hetero) is 1. The lowest BCUT2D eigenvalue weighted by atomic mass is 10.1. The van der Waals surface area contributed by atoms with E-state index in [0.717, 1.165) is 17.0 Å². The first kappa shape index (κ1) is 22.8. The van der Waals surface area contributed by atoms with Crippen molar-refractivity contribution in [3.8, 4) is 0 Å². The summed E-state index contributed by atoms with van der Waals surface area (Å²) in [5, 5.41) is 6.85. The van der Waals surface area contributed by atoms with Gasteiger partial charge in [0.1, 0.15) is 5.82 Å². The van der Waals surface area contributed by atoms with Gasteiger partial charge in [-0.15, -0.1) is 0 Å². The summed E-state index contributed by atoms with van der Waals surface area (Å²) in [5.41, 5.74) is 5.47. The van der Waals surface area contributed by atoms with Crippen molar-refractivity contribution in [2.75, 3.05) is 11.6 Å². The fourth-order valence-electron chi connectivity index (χ4n) is 3.18. The molecule has 1 atom stereocenters. The second-order valence-corrected chi connectivity index (χ2v) is 7.23. The predicted octanol–water partition coefficient (Wildman–Crippen LogP) is 1.41. The topological polar surface area (TPSA) is 114 Å². The number of halogens is 3. The highest BCUT2D eigenvalue weighted by molar-refractivity contribution is 6.05. The number of hydrogen-bond acceptors (Lipinski definition) is 6. The van der Waals surface area contributed by atoms with Crippen LogP contribution < -0.4 is 16.0 Å². The number of nitrogens with zero attached hydrogens (tertiary/aromatic N) is 4. The number of nitrogens with two attached hydrogens (primary N) is 1. The number of nitrogens with one attached hydrogen (secondary N) is 1. The van der Waals surface area contributed by atoms with Gasteiger partial charge in [-0.05, 0) is 31.5 Å². The number of hydrogen-bond donors (Lipinski definition) is 2. The van der Waals surface area contributed by atoms with Crippen LogP contribution >= 0.6 is 0 Å². The molecule has 0 saturated heterocycles. The Morgan fingerprint density at radius 2 is 2.12 bits per heavy atom. The minimum Gasteiger partial charge on any atom is -0.384 e. The van der Waals surface area contributed by atoms with E-state index in [1.165, 1.54) is 41.0 Å². The molecule has 170 valence electrons. The van der Waals surface area contributed by atoms with E-state index in [1.54, 1.807) is 6.92 Å². The van der Waals surface area contributed by atoms with Crippen LogP contribution in [0.25, 0.3) is 0 Å². The molecule has 1 aliphatic rings. The number of rotatable bonds is 7. The van der Waals surface area contributed by atoms with Crippen LogP contribution in [-0.2, 0) is 27.1 Å². The molecule has 0 bridgehead atoms. The molecule has 12 heteroatoms. The smallest absolute Gasteiger partial charge is 0.384 e. The number of benzene rings is 1. The summed E-state index contributed by atoms with van der Waals surface area (Å²) in [5.74, 6) is -0.923. The molecule has 0 aliphatic carbocycles. The highest BCUT2D eigenvalue weighted by atomic mass is 19.4. The van der Waals surface area contributed by atoms with E-state index in [9.17, 15) is 27.6 Å². The SMILES string of the molecule is CC(=O)C(C)N1CNC(N)=C(N(C=O)c2cnn(Cc3cccc(C(F)(F)F)c3)c2)C1=O. The van der Waals surface area contributed by atoms with Crippen LogP contribution in [0.15, 0.2) is 48.2 Å². The zero-order valence-corrected chi connectivity index (χ0v) is 17.3. The van der Waals surface area contributed by atoms with E-state index in [1.807, 2.05) is 0 Å².